The van der Waals surface area contributed by atoms with E-state index in [1.807, 2.05) is 43.3 Å². The smallest absolute Gasteiger partial charge is 0.267 e. The Morgan fingerprint density at radius 3 is 2.74 bits per heavy atom. The van der Waals surface area contributed by atoms with Gasteiger partial charge < -0.3 is 14.3 Å². The minimum absolute atomic E-state index is 0.0500. The Labute approximate surface area is 201 Å². The van der Waals surface area contributed by atoms with Crippen LogP contribution in [-0.2, 0) is 11.3 Å². The van der Waals surface area contributed by atoms with Crippen LogP contribution in [0.5, 0.6) is 11.5 Å². The number of rotatable bonds is 8. The number of furan rings is 1. The molecule has 0 radical (unpaired) electrons. The highest BCUT2D eigenvalue weighted by molar-refractivity contribution is 8.18. The third kappa shape index (κ3) is 5.85. The molecule has 0 atom stereocenters. The van der Waals surface area contributed by atoms with Gasteiger partial charge in [0.2, 0.25) is 0 Å². The molecule has 2 aromatic carbocycles. The van der Waals surface area contributed by atoms with Crippen molar-refractivity contribution in [1.29, 1.82) is 0 Å². The number of benzene rings is 2. The van der Waals surface area contributed by atoms with E-state index in [4.69, 9.17) is 9.15 Å². The van der Waals surface area contributed by atoms with Crippen LogP contribution in [0.3, 0.4) is 0 Å². The van der Waals surface area contributed by atoms with Gasteiger partial charge in [-0.25, -0.2) is 0 Å². The third-order valence-electron chi connectivity index (χ3n) is 4.75. The number of amidine groups is 1. The number of hydrogen-bond acceptors (Lipinski definition) is 7. The molecular formula is C26H23N3O4S. The van der Waals surface area contributed by atoms with Crippen LogP contribution in [0.25, 0.3) is 12.2 Å². The van der Waals surface area contributed by atoms with Crippen molar-refractivity contribution in [3.63, 3.8) is 0 Å². The van der Waals surface area contributed by atoms with Crippen molar-refractivity contribution in [2.24, 2.45) is 10.2 Å². The molecule has 1 fully saturated rings. The van der Waals surface area contributed by atoms with Gasteiger partial charge in [-0.3, -0.25) is 9.69 Å². The van der Waals surface area contributed by atoms with Crippen LogP contribution in [0.1, 0.15) is 23.8 Å². The van der Waals surface area contributed by atoms with E-state index in [1.54, 1.807) is 55.0 Å². The molecular weight excluding hydrogens is 450 g/mol. The fourth-order valence-corrected chi connectivity index (χ4v) is 4.10. The largest absolute Gasteiger partial charge is 0.504 e. The molecule has 172 valence electrons. The van der Waals surface area contributed by atoms with E-state index in [9.17, 15) is 9.90 Å². The maximum absolute atomic E-state index is 13.2. The molecule has 4 rings (SSSR count). The number of phenolic OH excluding ortho intramolecular Hbond substituents is 1. The first-order valence-corrected chi connectivity index (χ1v) is 11.5. The Balaban J connectivity index is 1.57. The fourth-order valence-electron chi connectivity index (χ4n) is 3.16. The molecule has 1 aliphatic heterocycles. The number of phenols is 1. The second-order valence-electron chi connectivity index (χ2n) is 7.16. The highest BCUT2D eigenvalue weighted by Gasteiger charge is 2.34. The summed E-state index contributed by atoms with van der Waals surface area (Å²) in [5.74, 6) is 0.845. The average molecular weight is 474 g/mol. The van der Waals surface area contributed by atoms with Gasteiger partial charge >= 0.3 is 0 Å². The Bertz CT molecular complexity index is 1250. The summed E-state index contributed by atoms with van der Waals surface area (Å²) < 4.78 is 10.9. The number of amides is 1. The summed E-state index contributed by atoms with van der Waals surface area (Å²) in [6.45, 7) is 2.50. The fraction of sp³-hybridized carbons (Fsp3) is 0.115. The molecule has 1 N–H and O–H groups in total. The van der Waals surface area contributed by atoms with Crippen molar-refractivity contribution in [2.45, 2.75) is 13.5 Å². The predicted molar refractivity (Wildman–Crippen MR) is 136 cm³/mol. The van der Waals surface area contributed by atoms with Crippen molar-refractivity contribution in [2.75, 3.05) is 6.61 Å². The molecule has 1 aromatic heterocycles. The molecule has 1 amide bonds. The Morgan fingerprint density at radius 1 is 1.12 bits per heavy atom. The van der Waals surface area contributed by atoms with Gasteiger partial charge in [0.15, 0.2) is 16.7 Å². The number of carbonyl (C=O) groups excluding carboxylic acids is 1. The molecule has 0 aliphatic carbocycles. The van der Waals surface area contributed by atoms with E-state index in [0.717, 1.165) is 11.1 Å². The molecule has 2 heterocycles. The standard InChI is InChI=1S/C26H23N3O4S/c1-2-32-23-16-20(12-13-22(23)30)17-24-25(31)29(18-21-11-7-15-33-21)26(34-24)28-27-14-6-10-19-8-4-3-5-9-19/h3-17,30H,2,18H2,1H3/b10-6+,24-17-,27-14-,28-26+. The normalized spacial score (nSPS) is 16.5. The van der Waals surface area contributed by atoms with Crippen LogP contribution in [-0.4, -0.2) is 33.9 Å². The maximum atomic E-state index is 13.2. The maximum Gasteiger partial charge on any atom is 0.267 e. The van der Waals surface area contributed by atoms with Gasteiger partial charge in [-0.1, -0.05) is 42.5 Å². The number of aromatic hydroxyl groups is 1. The highest BCUT2D eigenvalue weighted by atomic mass is 32.2. The van der Waals surface area contributed by atoms with E-state index >= 15 is 0 Å². The van der Waals surface area contributed by atoms with Crippen LogP contribution in [0.4, 0.5) is 0 Å². The van der Waals surface area contributed by atoms with Crippen molar-refractivity contribution in [3.05, 3.63) is 94.8 Å². The molecule has 34 heavy (non-hydrogen) atoms. The minimum Gasteiger partial charge on any atom is -0.504 e. The molecule has 1 aliphatic rings. The van der Waals surface area contributed by atoms with Crippen molar-refractivity contribution in [3.8, 4) is 11.5 Å². The van der Waals surface area contributed by atoms with E-state index in [1.165, 1.54) is 16.7 Å². The zero-order valence-corrected chi connectivity index (χ0v) is 19.3. The third-order valence-corrected chi connectivity index (χ3v) is 5.74. The first-order valence-electron chi connectivity index (χ1n) is 10.7. The average Bonchev–Trinajstić information content (AvgIpc) is 3.46. The molecule has 7 nitrogen and oxygen atoms in total. The molecule has 1 saturated heterocycles. The van der Waals surface area contributed by atoms with Gasteiger partial charge in [-0.15, -0.1) is 5.10 Å². The molecule has 0 unspecified atom stereocenters. The summed E-state index contributed by atoms with van der Waals surface area (Å²) in [4.78, 5) is 15.2. The Morgan fingerprint density at radius 2 is 1.97 bits per heavy atom. The highest BCUT2D eigenvalue weighted by Crippen LogP contribution is 2.35. The number of carbonyl (C=O) groups is 1. The van der Waals surface area contributed by atoms with E-state index in [2.05, 4.69) is 10.2 Å². The van der Waals surface area contributed by atoms with Gasteiger partial charge in [0.1, 0.15) is 5.76 Å². The van der Waals surface area contributed by atoms with Gasteiger partial charge in [-0.2, -0.15) is 5.10 Å². The lowest BCUT2D eigenvalue weighted by molar-refractivity contribution is -0.122. The van der Waals surface area contributed by atoms with Crippen LogP contribution >= 0.6 is 11.8 Å². The quantitative estimate of drug-likeness (QED) is 0.263. The van der Waals surface area contributed by atoms with E-state index < -0.39 is 0 Å². The van der Waals surface area contributed by atoms with Crippen LogP contribution in [0.15, 0.2) is 92.5 Å². The van der Waals surface area contributed by atoms with Gasteiger partial charge in [0, 0.05) is 6.21 Å². The molecule has 0 saturated carbocycles. The summed E-state index contributed by atoms with van der Waals surface area (Å²) in [6.07, 6.45) is 8.59. The second kappa shape index (κ2) is 11.2. The first-order chi connectivity index (χ1) is 16.6. The van der Waals surface area contributed by atoms with Gasteiger partial charge in [0.05, 0.1) is 24.3 Å². The summed E-state index contributed by atoms with van der Waals surface area (Å²) >= 11 is 1.23. The number of ether oxygens (including phenoxy) is 1. The lowest BCUT2D eigenvalue weighted by Gasteiger charge is -2.12. The van der Waals surface area contributed by atoms with E-state index in [0.29, 0.717) is 28.2 Å². The lowest BCUT2D eigenvalue weighted by atomic mass is 10.2. The molecule has 0 spiro atoms. The topological polar surface area (TPSA) is 87.6 Å². The van der Waals surface area contributed by atoms with Crippen LogP contribution < -0.4 is 4.74 Å². The summed E-state index contributed by atoms with van der Waals surface area (Å²) in [7, 11) is 0. The number of thioether (sulfide) groups is 1. The Kier molecular flexibility index (Phi) is 7.62. The number of allylic oxidation sites excluding steroid dienone is 1. The lowest BCUT2D eigenvalue weighted by Crippen LogP contribution is -2.28. The van der Waals surface area contributed by atoms with Crippen molar-refractivity contribution in [1.82, 2.24) is 4.90 Å². The zero-order chi connectivity index (χ0) is 23.8. The predicted octanol–water partition coefficient (Wildman–Crippen LogP) is 5.56. The van der Waals surface area contributed by atoms with Gasteiger partial charge in [-0.05, 0) is 66.2 Å². The Hall–Kier alpha value is -4.04. The number of nitrogens with zero attached hydrogens (tertiary/aromatic N) is 3. The zero-order valence-electron chi connectivity index (χ0n) is 18.5. The second-order valence-corrected chi connectivity index (χ2v) is 8.17. The van der Waals surface area contributed by atoms with Crippen LogP contribution in [0.2, 0.25) is 0 Å². The summed E-state index contributed by atoms with van der Waals surface area (Å²) in [5, 5.41) is 18.8. The SMILES string of the molecule is CCOc1cc(/C=C2\S/C(=N/N=C\C=C\c3ccccc3)N(Cc3ccco3)C2=O)ccc1O. The van der Waals surface area contributed by atoms with Crippen molar-refractivity contribution >= 4 is 41.2 Å². The minimum atomic E-state index is -0.207. The van der Waals surface area contributed by atoms with Crippen LogP contribution in [0, 0.1) is 0 Å². The molecule has 8 heteroatoms. The summed E-state index contributed by atoms with van der Waals surface area (Å²) in [6, 6.07) is 18.4. The van der Waals surface area contributed by atoms with Gasteiger partial charge in [0.25, 0.3) is 5.91 Å². The van der Waals surface area contributed by atoms with Crippen molar-refractivity contribution < 1.29 is 19.1 Å². The molecule has 0 bridgehead atoms. The van der Waals surface area contributed by atoms with E-state index in [-0.39, 0.29) is 18.2 Å². The molecule has 3 aromatic rings. The monoisotopic (exact) mass is 473 g/mol. The number of hydrogen-bond donors (Lipinski definition) is 1. The first kappa shape index (κ1) is 23.1. The summed E-state index contributed by atoms with van der Waals surface area (Å²) in [5.41, 5.74) is 1.78.